The van der Waals surface area contributed by atoms with E-state index in [1.165, 1.54) is 6.07 Å². The number of carbonyl (C=O) groups is 1. The van der Waals surface area contributed by atoms with Gasteiger partial charge in [0.2, 0.25) is 0 Å². The molecule has 0 unspecified atom stereocenters. The van der Waals surface area contributed by atoms with Crippen LogP contribution in [-0.2, 0) is 0 Å². The lowest BCUT2D eigenvalue weighted by Crippen LogP contribution is -2.02. The van der Waals surface area contributed by atoms with Crippen molar-refractivity contribution in [3.8, 4) is 0 Å². The molecule has 0 saturated heterocycles. The molecule has 4 nitrogen and oxygen atoms in total. The van der Waals surface area contributed by atoms with E-state index in [1.54, 1.807) is 19.9 Å². The van der Waals surface area contributed by atoms with E-state index in [-0.39, 0.29) is 11.3 Å². The van der Waals surface area contributed by atoms with Crippen molar-refractivity contribution in [2.24, 2.45) is 0 Å². The number of carbonyl (C=O) groups excluding carboxylic acids is 1. The Bertz CT molecular complexity index is 415. The van der Waals surface area contributed by atoms with Gasteiger partial charge in [0.1, 0.15) is 5.56 Å². The van der Waals surface area contributed by atoms with Gasteiger partial charge < -0.3 is 0 Å². The van der Waals surface area contributed by atoms with Crippen molar-refractivity contribution in [1.82, 2.24) is 0 Å². The van der Waals surface area contributed by atoms with Crippen LogP contribution in [0, 0.1) is 24.0 Å². The summed E-state index contributed by atoms with van der Waals surface area (Å²) in [5.41, 5.74) is 1.10. The number of hydrogen-bond acceptors (Lipinski definition) is 3. The van der Waals surface area contributed by atoms with E-state index in [0.29, 0.717) is 5.56 Å². The molecule has 1 aromatic carbocycles. The minimum atomic E-state index is -0.794. The third-order valence-corrected chi connectivity index (χ3v) is 2.30. The SMILES string of the molecule is Cc1ccc([N+](=O)[O-])c(C(=O)Cl)c1C. The van der Waals surface area contributed by atoms with Gasteiger partial charge in [0.05, 0.1) is 4.92 Å². The number of nitro benzene ring substituents is 1. The molecule has 0 aromatic heterocycles. The highest BCUT2D eigenvalue weighted by Gasteiger charge is 2.21. The van der Waals surface area contributed by atoms with Crippen LogP contribution in [0.4, 0.5) is 5.69 Å². The van der Waals surface area contributed by atoms with Crippen molar-refractivity contribution in [2.45, 2.75) is 13.8 Å². The molecule has 0 atom stereocenters. The zero-order chi connectivity index (χ0) is 10.9. The van der Waals surface area contributed by atoms with Crippen LogP contribution in [0.1, 0.15) is 21.5 Å². The first-order valence-electron chi connectivity index (χ1n) is 3.89. The van der Waals surface area contributed by atoms with E-state index < -0.39 is 10.2 Å². The number of nitrogens with zero attached hydrogens (tertiary/aromatic N) is 1. The molecule has 14 heavy (non-hydrogen) atoms. The first-order chi connectivity index (χ1) is 6.45. The monoisotopic (exact) mass is 213 g/mol. The van der Waals surface area contributed by atoms with Gasteiger partial charge in [-0.1, -0.05) is 6.07 Å². The van der Waals surface area contributed by atoms with Crippen LogP contribution in [0.15, 0.2) is 12.1 Å². The zero-order valence-corrected chi connectivity index (χ0v) is 8.46. The molecule has 0 amide bonds. The first kappa shape index (κ1) is 10.7. The second kappa shape index (κ2) is 3.75. The quantitative estimate of drug-likeness (QED) is 0.431. The van der Waals surface area contributed by atoms with Crippen LogP contribution in [0.25, 0.3) is 0 Å². The van der Waals surface area contributed by atoms with Crippen LogP contribution in [0.2, 0.25) is 0 Å². The number of nitro groups is 1. The lowest BCUT2D eigenvalue weighted by molar-refractivity contribution is -0.385. The van der Waals surface area contributed by atoms with E-state index in [0.717, 1.165) is 5.56 Å². The molecule has 0 heterocycles. The Hall–Kier alpha value is -1.42. The largest absolute Gasteiger partial charge is 0.281 e. The van der Waals surface area contributed by atoms with Crippen LogP contribution < -0.4 is 0 Å². The van der Waals surface area contributed by atoms with E-state index in [9.17, 15) is 14.9 Å². The summed E-state index contributed by atoms with van der Waals surface area (Å²) in [6.45, 7) is 3.40. The van der Waals surface area contributed by atoms with E-state index >= 15 is 0 Å². The highest BCUT2D eigenvalue weighted by molar-refractivity contribution is 6.68. The lowest BCUT2D eigenvalue weighted by atomic mass is 10.0. The maximum Gasteiger partial charge on any atom is 0.281 e. The van der Waals surface area contributed by atoms with E-state index in [4.69, 9.17) is 11.6 Å². The summed E-state index contributed by atoms with van der Waals surface area (Å²) in [4.78, 5) is 21.0. The molecule has 0 saturated carbocycles. The fourth-order valence-corrected chi connectivity index (χ4v) is 1.44. The molecule has 0 N–H and O–H groups in total. The maximum atomic E-state index is 11.0. The standard InChI is InChI=1S/C9H8ClNO3/c1-5-3-4-7(11(13)14)8(6(5)2)9(10)12/h3-4H,1-2H3. The molecule has 1 aromatic rings. The number of aryl methyl sites for hydroxylation is 1. The highest BCUT2D eigenvalue weighted by atomic mass is 35.5. The molecule has 0 fully saturated rings. The summed E-state index contributed by atoms with van der Waals surface area (Å²) in [5, 5.41) is 9.79. The van der Waals surface area contributed by atoms with E-state index in [1.807, 2.05) is 0 Å². The van der Waals surface area contributed by atoms with Gasteiger partial charge in [0.25, 0.3) is 10.9 Å². The van der Waals surface area contributed by atoms with Gasteiger partial charge in [-0.3, -0.25) is 14.9 Å². The van der Waals surface area contributed by atoms with Crippen molar-refractivity contribution in [2.75, 3.05) is 0 Å². The second-order valence-corrected chi connectivity index (χ2v) is 3.28. The van der Waals surface area contributed by atoms with Gasteiger partial charge >= 0.3 is 0 Å². The van der Waals surface area contributed by atoms with Crippen LogP contribution in [0.3, 0.4) is 0 Å². The topological polar surface area (TPSA) is 60.2 Å². The number of rotatable bonds is 2. The van der Waals surface area contributed by atoms with Gasteiger partial charge in [-0.15, -0.1) is 0 Å². The average molecular weight is 214 g/mol. The summed E-state index contributed by atoms with van der Waals surface area (Å²) in [5.74, 6) is 0. The molecule has 0 bridgehead atoms. The third-order valence-electron chi connectivity index (χ3n) is 2.11. The Labute approximate surface area is 85.6 Å². The van der Waals surface area contributed by atoms with Gasteiger partial charge in [-0.2, -0.15) is 0 Å². The van der Waals surface area contributed by atoms with Crippen molar-refractivity contribution in [1.29, 1.82) is 0 Å². The van der Waals surface area contributed by atoms with Crippen molar-refractivity contribution in [3.63, 3.8) is 0 Å². The lowest BCUT2D eigenvalue weighted by Gasteiger charge is -2.04. The van der Waals surface area contributed by atoms with Gasteiger partial charge in [0.15, 0.2) is 0 Å². The molecule has 0 aliphatic carbocycles. The molecule has 0 spiro atoms. The Morgan fingerprint density at radius 1 is 1.43 bits per heavy atom. The summed E-state index contributed by atoms with van der Waals surface area (Å²) in [7, 11) is 0. The predicted molar refractivity (Wildman–Crippen MR) is 52.8 cm³/mol. The van der Waals surface area contributed by atoms with Crippen LogP contribution >= 0.6 is 11.6 Å². The third kappa shape index (κ3) is 1.75. The number of hydrogen-bond donors (Lipinski definition) is 0. The summed E-state index contributed by atoms with van der Waals surface area (Å²) < 4.78 is 0. The minimum Gasteiger partial charge on any atom is -0.275 e. The van der Waals surface area contributed by atoms with Crippen LogP contribution in [-0.4, -0.2) is 10.2 Å². The fourth-order valence-electron chi connectivity index (χ4n) is 1.20. The summed E-state index contributed by atoms with van der Waals surface area (Å²) in [6, 6.07) is 2.88. The summed E-state index contributed by atoms with van der Waals surface area (Å²) >= 11 is 5.29. The van der Waals surface area contributed by atoms with Gasteiger partial charge in [-0.05, 0) is 36.6 Å². The Morgan fingerprint density at radius 2 is 2.00 bits per heavy atom. The predicted octanol–water partition coefficient (Wildman–Crippen LogP) is 2.59. The van der Waals surface area contributed by atoms with Crippen molar-refractivity contribution in [3.05, 3.63) is 38.9 Å². The second-order valence-electron chi connectivity index (χ2n) is 2.93. The molecule has 74 valence electrons. The Morgan fingerprint density at radius 3 is 2.43 bits per heavy atom. The molecular formula is C9H8ClNO3. The number of halogens is 1. The smallest absolute Gasteiger partial charge is 0.275 e. The minimum absolute atomic E-state index is 0.0170. The number of benzene rings is 1. The molecule has 0 aliphatic heterocycles. The molecule has 0 aliphatic rings. The van der Waals surface area contributed by atoms with E-state index in [2.05, 4.69) is 0 Å². The zero-order valence-electron chi connectivity index (χ0n) is 7.70. The molecule has 5 heteroatoms. The van der Waals surface area contributed by atoms with Crippen molar-refractivity contribution < 1.29 is 9.72 Å². The fraction of sp³-hybridized carbons (Fsp3) is 0.222. The molecular weight excluding hydrogens is 206 g/mol. The first-order valence-corrected chi connectivity index (χ1v) is 4.27. The Balaban J connectivity index is 3.53. The van der Waals surface area contributed by atoms with Gasteiger partial charge in [-0.25, -0.2) is 0 Å². The normalized spacial score (nSPS) is 9.93. The Kier molecular flexibility index (Phi) is 2.86. The van der Waals surface area contributed by atoms with Gasteiger partial charge in [0, 0.05) is 6.07 Å². The summed E-state index contributed by atoms with van der Waals surface area (Å²) in [6.07, 6.45) is 0. The molecule has 1 rings (SSSR count). The highest BCUT2D eigenvalue weighted by Crippen LogP contribution is 2.25. The average Bonchev–Trinajstić information content (AvgIpc) is 2.08. The molecule has 0 radical (unpaired) electrons. The maximum absolute atomic E-state index is 11.0. The van der Waals surface area contributed by atoms with Crippen LogP contribution in [0.5, 0.6) is 0 Å². The van der Waals surface area contributed by atoms with Crippen molar-refractivity contribution >= 4 is 22.5 Å².